The van der Waals surface area contributed by atoms with E-state index < -0.39 is 0 Å². The van der Waals surface area contributed by atoms with Crippen LogP contribution in [0, 0.1) is 0 Å². The first-order chi connectivity index (χ1) is 7.85. The Morgan fingerprint density at radius 2 is 1.12 bits per heavy atom. The topological polar surface area (TPSA) is 72.3 Å². The first-order valence-corrected chi connectivity index (χ1v) is 8.48. The Morgan fingerprint density at radius 1 is 0.688 bits per heavy atom. The molecule has 0 aromatic heterocycles. The van der Waals surface area contributed by atoms with Crippen molar-refractivity contribution in [1.82, 2.24) is 0 Å². The van der Waals surface area contributed by atoms with Gasteiger partial charge in [0.1, 0.15) is 0 Å². The van der Waals surface area contributed by atoms with Crippen LogP contribution < -0.4 is 11.5 Å². The van der Waals surface area contributed by atoms with Crippen molar-refractivity contribution in [3.8, 4) is 0 Å². The van der Waals surface area contributed by atoms with Gasteiger partial charge in [0.2, 0.25) is 0 Å². The van der Waals surface area contributed by atoms with Gasteiger partial charge >= 0.3 is 0 Å². The summed E-state index contributed by atoms with van der Waals surface area (Å²) in [6.07, 6.45) is 11.1. The van der Waals surface area contributed by atoms with Gasteiger partial charge in [0.15, 0.2) is 0 Å². The van der Waals surface area contributed by atoms with E-state index in [9.17, 15) is 0 Å². The monoisotopic (exact) mass is 248 g/mol. The molecule has 3 nitrogen and oxygen atoms in total. The molecular formula is C12H29N2OP. The van der Waals surface area contributed by atoms with Crippen LogP contribution in [0.25, 0.3) is 0 Å². The van der Waals surface area contributed by atoms with E-state index in [1.165, 1.54) is 37.7 Å². The second-order valence-electron chi connectivity index (χ2n) is 4.26. The Morgan fingerprint density at radius 3 is 1.50 bits per heavy atom. The third-order valence-corrected chi connectivity index (χ3v) is 5.59. The maximum Gasteiger partial charge on any atom is 0.0431 e. The number of unbranched alkanes of at least 4 members (excludes halogenated alkanes) is 3. The predicted molar refractivity (Wildman–Crippen MR) is 74.4 cm³/mol. The van der Waals surface area contributed by atoms with Crippen LogP contribution in [-0.4, -0.2) is 43.3 Å². The molecule has 0 aromatic rings. The molecule has 0 fully saturated rings. The molecule has 0 unspecified atom stereocenters. The molecule has 0 saturated carbocycles. The molecule has 0 aliphatic carbocycles. The lowest BCUT2D eigenvalue weighted by molar-refractivity contribution is 0.287. The molecule has 16 heavy (non-hydrogen) atoms. The zero-order valence-electron chi connectivity index (χ0n) is 10.5. The smallest absolute Gasteiger partial charge is 0.0431 e. The maximum absolute atomic E-state index is 8.78. The van der Waals surface area contributed by atoms with Crippen molar-refractivity contribution >= 4 is 7.92 Å². The van der Waals surface area contributed by atoms with Gasteiger partial charge in [-0.1, -0.05) is 0 Å². The van der Waals surface area contributed by atoms with Crippen LogP contribution in [0.2, 0.25) is 0 Å². The molecule has 0 aliphatic rings. The number of hydrogen-bond donors (Lipinski definition) is 3. The fourth-order valence-electron chi connectivity index (χ4n) is 1.74. The second kappa shape index (κ2) is 13.4. The zero-order chi connectivity index (χ0) is 12.1. The molecule has 5 N–H and O–H groups in total. The molecule has 0 spiro atoms. The van der Waals surface area contributed by atoms with Gasteiger partial charge in [-0.15, -0.1) is 7.92 Å². The number of aliphatic hydroxyl groups excluding tert-OH is 1. The molecule has 98 valence electrons. The van der Waals surface area contributed by atoms with Crippen LogP contribution in [0.1, 0.15) is 38.5 Å². The molecule has 0 amide bonds. The summed E-state index contributed by atoms with van der Waals surface area (Å²) in [6.45, 7) is 1.99. The summed E-state index contributed by atoms with van der Waals surface area (Å²) >= 11 is 0. The van der Waals surface area contributed by atoms with Gasteiger partial charge in [0.05, 0.1) is 0 Å². The summed E-state index contributed by atoms with van der Waals surface area (Å²) in [7, 11) is 0.182. The Labute approximate surface area is 102 Å². The van der Waals surface area contributed by atoms with Gasteiger partial charge in [0.25, 0.3) is 0 Å². The normalized spacial score (nSPS) is 11.2. The highest BCUT2D eigenvalue weighted by Crippen LogP contribution is 2.38. The molecule has 0 heterocycles. The fraction of sp³-hybridized carbons (Fsp3) is 1.00. The fourth-order valence-corrected chi connectivity index (χ4v) is 4.43. The van der Waals surface area contributed by atoms with Gasteiger partial charge in [-0.25, -0.2) is 0 Å². The standard InChI is InChI=1S/C12H29N2OP/c13-7-1-4-10-16(11-5-2-8-14)12-6-3-9-15/h15H,1-14H2. The largest absolute Gasteiger partial charge is 0.396 e. The van der Waals surface area contributed by atoms with E-state index in [1.807, 2.05) is 0 Å². The first kappa shape index (κ1) is 16.3. The van der Waals surface area contributed by atoms with Gasteiger partial charge in [-0.2, -0.15) is 0 Å². The summed E-state index contributed by atoms with van der Waals surface area (Å²) in [6, 6.07) is 0. The van der Waals surface area contributed by atoms with Crippen LogP contribution in [0.15, 0.2) is 0 Å². The Hall–Kier alpha value is 0.310. The van der Waals surface area contributed by atoms with Crippen molar-refractivity contribution in [1.29, 1.82) is 0 Å². The van der Waals surface area contributed by atoms with Crippen LogP contribution >= 0.6 is 7.92 Å². The van der Waals surface area contributed by atoms with Crippen LogP contribution in [0.3, 0.4) is 0 Å². The van der Waals surface area contributed by atoms with Crippen molar-refractivity contribution < 1.29 is 5.11 Å². The second-order valence-corrected chi connectivity index (χ2v) is 6.95. The molecule has 0 radical (unpaired) electrons. The predicted octanol–water partition coefficient (Wildman–Crippen LogP) is 1.72. The minimum absolute atomic E-state index is 0.182. The van der Waals surface area contributed by atoms with Gasteiger partial charge < -0.3 is 16.6 Å². The summed E-state index contributed by atoms with van der Waals surface area (Å²) < 4.78 is 0. The summed E-state index contributed by atoms with van der Waals surface area (Å²) in [5.41, 5.74) is 11.0. The molecule has 0 atom stereocenters. The van der Waals surface area contributed by atoms with Crippen molar-refractivity contribution in [2.75, 3.05) is 38.2 Å². The summed E-state index contributed by atoms with van der Waals surface area (Å²) in [5, 5.41) is 8.78. The van der Waals surface area contributed by atoms with Crippen molar-refractivity contribution in [3.63, 3.8) is 0 Å². The average molecular weight is 248 g/mol. The van der Waals surface area contributed by atoms with E-state index >= 15 is 0 Å². The minimum Gasteiger partial charge on any atom is -0.396 e. The highest BCUT2D eigenvalue weighted by molar-refractivity contribution is 7.57. The van der Waals surface area contributed by atoms with Crippen molar-refractivity contribution in [2.24, 2.45) is 11.5 Å². The number of nitrogens with two attached hydrogens (primary N) is 2. The number of hydrogen-bond acceptors (Lipinski definition) is 3. The Balaban J connectivity index is 3.58. The van der Waals surface area contributed by atoms with E-state index in [0.29, 0.717) is 6.61 Å². The first-order valence-electron chi connectivity index (χ1n) is 6.58. The SMILES string of the molecule is NCCCCP(CCCCN)CCCCO. The Kier molecular flexibility index (Phi) is 13.6. The maximum atomic E-state index is 8.78. The van der Waals surface area contributed by atoms with E-state index in [2.05, 4.69) is 0 Å². The van der Waals surface area contributed by atoms with Crippen LogP contribution in [0.5, 0.6) is 0 Å². The van der Waals surface area contributed by atoms with E-state index in [0.717, 1.165) is 32.4 Å². The van der Waals surface area contributed by atoms with E-state index in [-0.39, 0.29) is 7.92 Å². The molecular weight excluding hydrogens is 219 g/mol. The zero-order valence-corrected chi connectivity index (χ0v) is 11.4. The van der Waals surface area contributed by atoms with E-state index in [4.69, 9.17) is 16.6 Å². The Bertz CT molecular complexity index is 112. The number of aliphatic hydroxyl groups is 1. The summed E-state index contributed by atoms with van der Waals surface area (Å²) in [5.74, 6) is 0. The molecule has 0 bridgehead atoms. The van der Waals surface area contributed by atoms with Crippen LogP contribution in [0.4, 0.5) is 0 Å². The number of rotatable bonds is 12. The van der Waals surface area contributed by atoms with Gasteiger partial charge in [0, 0.05) is 6.61 Å². The highest BCUT2D eigenvalue weighted by Gasteiger charge is 2.06. The van der Waals surface area contributed by atoms with E-state index in [1.54, 1.807) is 0 Å². The average Bonchev–Trinajstić information content (AvgIpc) is 2.29. The van der Waals surface area contributed by atoms with Gasteiger partial charge in [-0.3, -0.25) is 0 Å². The van der Waals surface area contributed by atoms with Crippen molar-refractivity contribution in [3.05, 3.63) is 0 Å². The third-order valence-electron chi connectivity index (χ3n) is 2.74. The minimum atomic E-state index is 0.182. The van der Waals surface area contributed by atoms with Crippen LogP contribution in [-0.2, 0) is 0 Å². The molecule has 0 aliphatic heterocycles. The lowest BCUT2D eigenvalue weighted by Crippen LogP contribution is -2.03. The highest BCUT2D eigenvalue weighted by atomic mass is 31.1. The van der Waals surface area contributed by atoms with Gasteiger partial charge in [-0.05, 0) is 70.1 Å². The quantitative estimate of drug-likeness (QED) is 0.364. The molecule has 0 rings (SSSR count). The summed E-state index contributed by atoms with van der Waals surface area (Å²) in [4.78, 5) is 0. The lowest BCUT2D eigenvalue weighted by atomic mass is 10.3. The molecule has 4 heteroatoms. The molecule has 0 saturated heterocycles. The lowest BCUT2D eigenvalue weighted by Gasteiger charge is -2.17. The van der Waals surface area contributed by atoms with Crippen molar-refractivity contribution in [2.45, 2.75) is 38.5 Å². The molecule has 0 aromatic carbocycles. The third kappa shape index (κ3) is 10.8.